The molecule has 1 saturated heterocycles. The Labute approximate surface area is 124 Å². The van der Waals surface area contributed by atoms with E-state index in [1.165, 1.54) is 24.9 Å². The second-order valence-electron chi connectivity index (χ2n) is 5.82. The van der Waals surface area contributed by atoms with Gasteiger partial charge in [0.2, 0.25) is 0 Å². The predicted octanol–water partition coefficient (Wildman–Crippen LogP) is 4.11. The minimum Gasteiger partial charge on any atom is -0.372 e. The predicted molar refractivity (Wildman–Crippen MR) is 79.5 cm³/mol. The molecule has 21 heavy (non-hydrogen) atoms. The van der Waals surface area contributed by atoms with Crippen molar-refractivity contribution in [3.05, 3.63) is 29.8 Å². The standard InChI is InChI=1S/C16H23F3N2/c1-13(11-16(17,18)19)20-12-14-5-7-15(8-6-14)21-9-3-2-4-10-21/h5-8,13,20H,2-4,9-12H2,1H3. The number of nitrogens with one attached hydrogen (secondary N) is 1. The van der Waals surface area contributed by atoms with Gasteiger partial charge >= 0.3 is 6.18 Å². The summed E-state index contributed by atoms with van der Waals surface area (Å²) in [6, 6.07) is 7.56. The molecule has 1 fully saturated rings. The zero-order chi connectivity index (χ0) is 15.3. The van der Waals surface area contributed by atoms with Gasteiger partial charge in [-0.2, -0.15) is 13.2 Å². The van der Waals surface area contributed by atoms with Crippen LogP contribution in [0, 0.1) is 0 Å². The van der Waals surface area contributed by atoms with E-state index in [-0.39, 0.29) is 0 Å². The van der Waals surface area contributed by atoms with Gasteiger partial charge in [-0.05, 0) is 43.9 Å². The fraction of sp³-hybridized carbons (Fsp3) is 0.625. The molecule has 1 aliphatic rings. The van der Waals surface area contributed by atoms with Crippen LogP contribution in [0.3, 0.4) is 0 Å². The second-order valence-corrected chi connectivity index (χ2v) is 5.82. The molecule has 0 spiro atoms. The number of hydrogen-bond donors (Lipinski definition) is 1. The van der Waals surface area contributed by atoms with Crippen molar-refractivity contribution in [3.63, 3.8) is 0 Å². The van der Waals surface area contributed by atoms with Crippen LogP contribution in [-0.4, -0.2) is 25.3 Å². The SMILES string of the molecule is CC(CC(F)(F)F)NCc1ccc(N2CCCCC2)cc1. The Bertz CT molecular complexity index is 422. The molecule has 0 aliphatic carbocycles. The first kappa shape index (κ1) is 16.1. The van der Waals surface area contributed by atoms with Crippen LogP contribution >= 0.6 is 0 Å². The monoisotopic (exact) mass is 300 g/mol. The highest BCUT2D eigenvalue weighted by molar-refractivity contribution is 5.47. The number of nitrogens with zero attached hydrogens (tertiary/aromatic N) is 1. The van der Waals surface area contributed by atoms with E-state index < -0.39 is 18.6 Å². The molecule has 1 atom stereocenters. The molecule has 1 aromatic rings. The summed E-state index contributed by atoms with van der Waals surface area (Å²) >= 11 is 0. The highest BCUT2D eigenvalue weighted by atomic mass is 19.4. The molecule has 1 aromatic carbocycles. The van der Waals surface area contributed by atoms with Crippen LogP contribution < -0.4 is 10.2 Å². The molecule has 1 aliphatic heterocycles. The maximum atomic E-state index is 12.2. The van der Waals surface area contributed by atoms with Crippen molar-refractivity contribution < 1.29 is 13.2 Å². The van der Waals surface area contributed by atoms with E-state index in [1.54, 1.807) is 6.92 Å². The van der Waals surface area contributed by atoms with Gasteiger partial charge in [-0.1, -0.05) is 12.1 Å². The summed E-state index contributed by atoms with van der Waals surface area (Å²) in [5.74, 6) is 0. The van der Waals surface area contributed by atoms with Crippen molar-refractivity contribution in [2.45, 2.75) is 51.4 Å². The number of halogens is 3. The topological polar surface area (TPSA) is 15.3 Å². The summed E-state index contributed by atoms with van der Waals surface area (Å²) in [5, 5.41) is 2.92. The third kappa shape index (κ3) is 5.58. The molecule has 0 amide bonds. The first-order valence-corrected chi connectivity index (χ1v) is 7.58. The van der Waals surface area contributed by atoms with E-state index in [4.69, 9.17) is 0 Å². The highest BCUT2D eigenvalue weighted by Gasteiger charge is 2.29. The summed E-state index contributed by atoms with van der Waals surface area (Å²) in [7, 11) is 0. The minimum absolute atomic E-state index is 0.470. The van der Waals surface area contributed by atoms with Crippen molar-refractivity contribution >= 4 is 5.69 Å². The maximum absolute atomic E-state index is 12.2. The number of anilines is 1. The number of hydrogen-bond acceptors (Lipinski definition) is 2. The lowest BCUT2D eigenvalue weighted by Crippen LogP contribution is -2.31. The molecule has 1 unspecified atom stereocenters. The Hall–Kier alpha value is -1.23. The maximum Gasteiger partial charge on any atom is 0.390 e. The highest BCUT2D eigenvalue weighted by Crippen LogP contribution is 2.22. The zero-order valence-electron chi connectivity index (χ0n) is 12.4. The summed E-state index contributed by atoms with van der Waals surface area (Å²) in [6.45, 7) is 4.23. The molecule has 118 valence electrons. The van der Waals surface area contributed by atoms with Crippen molar-refractivity contribution in [2.75, 3.05) is 18.0 Å². The quantitative estimate of drug-likeness (QED) is 0.880. The van der Waals surface area contributed by atoms with Crippen LogP contribution in [0.4, 0.5) is 18.9 Å². The van der Waals surface area contributed by atoms with Crippen molar-refractivity contribution in [1.29, 1.82) is 0 Å². The first-order valence-electron chi connectivity index (χ1n) is 7.58. The van der Waals surface area contributed by atoms with Gasteiger partial charge in [0.25, 0.3) is 0 Å². The number of rotatable bonds is 5. The van der Waals surface area contributed by atoms with E-state index >= 15 is 0 Å². The van der Waals surface area contributed by atoms with E-state index in [0.29, 0.717) is 6.54 Å². The molecule has 0 radical (unpaired) electrons. The molecular formula is C16H23F3N2. The number of piperidine rings is 1. The third-order valence-electron chi connectivity index (χ3n) is 3.85. The van der Waals surface area contributed by atoms with Crippen LogP contribution in [0.2, 0.25) is 0 Å². The smallest absolute Gasteiger partial charge is 0.372 e. The zero-order valence-corrected chi connectivity index (χ0v) is 12.4. The minimum atomic E-state index is -4.11. The van der Waals surface area contributed by atoms with Gasteiger partial charge in [-0.25, -0.2) is 0 Å². The Morgan fingerprint density at radius 1 is 1.10 bits per heavy atom. The average molecular weight is 300 g/mol. The summed E-state index contributed by atoms with van der Waals surface area (Å²) in [6.07, 6.45) is -1.13. The molecular weight excluding hydrogens is 277 g/mol. The van der Waals surface area contributed by atoms with Gasteiger partial charge in [-0.15, -0.1) is 0 Å². The molecule has 0 bridgehead atoms. The van der Waals surface area contributed by atoms with Crippen LogP contribution in [0.5, 0.6) is 0 Å². The van der Waals surface area contributed by atoms with Crippen molar-refractivity contribution in [1.82, 2.24) is 5.32 Å². The lowest BCUT2D eigenvalue weighted by Gasteiger charge is -2.29. The Balaban J connectivity index is 1.82. The molecule has 5 heteroatoms. The molecule has 0 aromatic heterocycles. The van der Waals surface area contributed by atoms with Gasteiger partial charge in [0.1, 0.15) is 0 Å². The Morgan fingerprint density at radius 3 is 2.29 bits per heavy atom. The fourth-order valence-electron chi connectivity index (χ4n) is 2.69. The number of alkyl halides is 3. The van der Waals surface area contributed by atoms with E-state index in [0.717, 1.165) is 18.7 Å². The van der Waals surface area contributed by atoms with Crippen LogP contribution in [0.25, 0.3) is 0 Å². The molecule has 2 rings (SSSR count). The first-order chi connectivity index (χ1) is 9.94. The van der Waals surface area contributed by atoms with Crippen molar-refractivity contribution in [2.24, 2.45) is 0 Å². The van der Waals surface area contributed by atoms with Gasteiger partial charge < -0.3 is 10.2 Å². The summed E-state index contributed by atoms with van der Waals surface area (Å²) in [4.78, 5) is 2.37. The normalized spacial score (nSPS) is 17.8. The van der Waals surface area contributed by atoms with Gasteiger partial charge in [0.15, 0.2) is 0 Å². The molecule has 1 N–H and O–H groups in total. The summed E-state index contributed by atoms with van der Waals surface area (Å²) in [5.41, 5.74) is 2.23. The average Bonchev–Trinajstić information content (AvgIpc) is 2.45. The second kappa shape index (κ2) is 7.16. The fourth-order valence-corrected chi connectivity index (χ4v) is 2.69. The lowest BCUT2D eigenvalue weighted by molar-refractivity contribution is -0.139. The lowest BCUT2D eigenvalue weighted by atomic mass is 10.1. The molecule has 1 heterocycles. The molecule has 2 nitrogen and oxygen atoms in total. The van der Waals surface area contributed by atoms with Gasteiger partial charge in [0, 0.05) is 31.4 Å². The van der Waals surface area contributed by atoms with Crippen LogP contribution in [0.15, 0.2) is 24.3 Å². The summed E-state index contributed by atoms with van der Waals surface area (Å²) < 4.78 is 36.7. The van der Waals surface area contributed by atoms with E-state index in [1.807, 2.05) is 12.1 Å². The van der Waals surface area contributed by atoms with Gasteiger partial charge in [0.05, 0.1) is 6.42 Å². The van der Waals surface area contributed by atoms with Crippen LogP contribution in [-0.2, 0) is 6.54 Å². The van der Waals surface area contributed by atoms with Gasteiger partial charge in [-0.3, -0.25) is 0 Å². The largest absolute Gasteiger partial charge is 0.390 e. The Morgan fingerprint density at radius 2 is 1.71 bits per heavy atom. The van der Waals surface area contributed by atoms with Crippen LogP contribution in [0.1, 0.15) is 38.2 Å². The Kier molecular flexibility index (Phi) is 5.51. The van der Waals surface area contributed by atoms with E-state index in [9.17, 15) is 13.2 Å². The van der Waals surface area contributed by atoms with E-state index in [2.05, 4.69) is 22.3 Å². The third-order valence-corrected chi connectivity index (χ3v) is 3.85. The molecule has 0 saturated carbocycles. The van der Waals surface area contributed by atoms with Crippen molar-refractivity contribution in [3.8, 4) is 0 Å². The number of benzene rings is 1.